The first-order valence-corrected chi connectivity index (χ1v) is 6.71. The maximum absolute atomic E-state index is 12.1. The minimum absolute atomic E-state index is 0.163. The molecule has 0 saturated heterocycles. The second kappa shape index (κ2) is 5.66. The fourth-order valence-corrected chi connectivity index (χ4v) is 2.52. The zero-order chi connectivity index (χ0) is 14.8. The van der Waals surface area contributed by atoms with Gasteiger partial charge in [0.2, 0.25) is 5.91 Å². The number of amides is 1. The Morgan fingerprint density at radius 2 is 2.10 bits per heavy atom. The van der Waals surface area contributed by atoms with Crippen molar-refractivity contribution < 1.29 is 18.7 Å². The maximum Gasteiger partial charge on any atom is 0.341 e. The van der Waals surface area contributed by atoms with Crippen LogP contribution in [0, 0.1) is 6.92 Å². The lowest BCUT2D eigenvalue weighted by atomic mass is 9.98. The molecule has 0 aliphatic heterocycles. The summed E-state index contributed by atoms with van der Waals surface area (Å²) in [7, 11) is 1.31. The zero-order valence-electron chi connectivity index (χ0n) is 11.8. The molecule has 1 heterocycles. The van der Waals surface area contributed by atoms with Crippen molar-refractivity contribution in [3.63, 3.8) is 0 Å². The molecular weight excluding hydrogens is 260 g/mol. The average molecular weight is 280 g/mol. The molecule has 0 spiro atoms. The highest BCUT2D eigenvalue weighted by Gasteiger charge is 2.36. The van der Waals surface area contributed by atoms with Crippen LogP contribution in [0.3, 0.4) is 0 Å². The van der Waals surface area contributed by atoms with E-state index in [2.05, 4.69) is 10.1 Å². The topological polar surface area (TPSA) is 94.6 Å². The summed E-state index contributed by atoms with van der Waals surface area (Å²) in [6, 6.07) is 1.58. The van der Waals surface area contributed by atoms with Crippen LogP contribution in [-0.2, 0) is 16.1 Å². The Labute approximate surface area is 117 Å². The molecule has 0 aromatic carbocycles. The summed E-state index contributed by atoms with van der Waals surface area (Å²) in [6.45, 7) is 1.90. The molecule has 20 heavy (non-hydrogen) atoms. The lowest BCUT2D eigenvalue weighted by Crippen LogP contribution is -2.51. The van der Waals surface area contributed by atoms with Crippen LogP contribution in [0.15, 0.2) is 10.5 Å². The summed E-state index contributed by atoms with van der Waals surface area (Å²) in [5.41, 5.74) is 5.67. The number of ether oxygens (including phenoxy) is 1. The number of furan rings is 1. The smallest absolute Gasteiger partial charge is 0.341 e. The van der Waals surface area contributed by atoms with Crippen molar-refractivity contribution in [1.29, 1.82) is 0 Å². The summed E-state index contributed by atoms with van der Waals surface area (Å²) in [5, 5.41) is 2.77. The molecule has 1 amide bonds. The fraction of sp³-hybridized carbons (Fsp3) is 0.571. The molecule has 1 aliphatic carbocycles. The van der Waals surface area contributed by atoms with Crippen molar-refractivity contribution in [3.05, 3.63) is 23.2 Å². The molecule has 0 unspecified atom stereocenters. The van der Waals surface area contributed by atoms with Crippen molar-refractivity contribution >= 4 is 11.9 Å². The van der Waals surface area contributed by atoms with Gasteiger partial charge in [-0.3, -0.25) is 4.79 Å². The molecule has 1 fully saturated rings. The first-order valence-electron chi connectivity index (χ1n) is 6.71. The molecule has 6 heteroatoms. The molecule has 1 aromatic heterocycles. The van der Waals surface area contributed by atoms with E-state index in [1.54, 1.807) is 13.0 Å². The molecule has 1 aliphatic rings. The average Bonchev–Trinajstić information content (AvgIpc) is 3.02. The fourth-order valence-electron chi connectivity index (χ4n) is 2.52. The molecule has 3 N–H and O–H groups in total. The van der Waals surface area contributed by atoms with Crippen LogP contribution in [0.25, 0.3) is 0 Å². The molecular formula is C14H20N2O4. The molecule has 0 atom stereocenters. The number of methoxy groups -OCH3 is 1. The zero-order valence-corrected chi connectivity index (χ0v) is 11.8. The molecule has 0 bridgehead atoms. The van der Waals surface area contributed by atoms with Gasteiger partial charge in [0.25, 0.3) is 0 Å². The number of carbonyl (C=O) groups excluding carboxylic acids is 2. The van der Waals surface area contributed by atoms with Gasteiger partial charge in [0.05, 0.1) is 19.2 Å². The third kappa shape index (κ3) is 2.85. The summed E-state index contributed by atoms with van der Waals surface area (Å²) < 4.78 is 10.1. The first kappa shape index (κ1) is 14.6. The van der Waals surface area contributed by atoms with E-state index in [0.29, 0.717) is 29.9 Å². The predicted molar refractivity (Wildman–Crippen MR) is 72.0 cm³/mol. The van der Waals surface area contributed by atoms with Gasteiger partial charge in [0.15, 0.2) is 0 Å². The Morgan fingerprint density at radius 3 is 2.70 bits per heavy atom. The van der Waals surface area contributed by atoms with E-state index < -0.39 is 11.5 Å². The number of hydrogen-bond acceptors (Lipinski definition) is 5. The second-order valence-corrected chi connectivity index (χ2v) is 5.22. The Kier molecular flexibility index (Phi) is 4.13. The normalized spacial score (nSPS) is 16.9. The van der Waals surface area contributed by atoms with E-state index in [9.17, 15) is 9.59 Å². The van der Waals surface area contributed by atoms with E-state index in [0.717, 1.165) is 12.8 Å². The van der Waals surface area contributed by atoms with Crippen molar-refractivity contribution in [1.82, 2.24) is 5.32 Å². The van der Waals surface area contributed by atoms with E-state index in [-0.39, 0.29) is 12.5 Å². The molecule has 1 aromatic rings. The molecule has 2 rings (SSSR count). The predicted octanol–water partition coefficient (Wildman–Crippen LogP) is 1.26. The van der Waals surface area contributed by atoms with E-state index in [4.69, 9.17) is 10.2 Å². The number of nitrogens with two attached hydrogens (primary N) is 1. The molecule has 110 valence electrons. The number of rotatable bonds is 4. The third-order valence-electron chi connectivity index (χ3n) is 3.75. The number of aryl methyl sites for hydroxylation is 1. The van der Waals surface area contributed by atoms with Gasteiger partial charge >= 0.3 is 5.97 Å². The number of esters is 1. The number of nitrogens with one attached hydrogen (secondary N) is 1. The van der Waals surface area contributed by atoms with Crippen molar-refractivity contribution in [3.8, 4) is 0 Å². The summed E-state index contributed by atoms with van der Waals surface area (Å²) in [4.78, 5) is 23.5. The Hall–Kier alpha value is -1.82. The largest absolute Gasteiger partial charge is 0.465 e. The van der Waals surface area contributed by atoms with Gasteiger partial charge in [-0.05, 0) is 25.8 Å². The summed E-state index contributed by atoms with van der Waals surface area (Å²) in [5.74, 6) is 0.376. The number of carbonyl (C=O) groups is 2. The second-order valence-electron chi connectivity index (χ2n) is 5.22. The van der Waals surface area contributed by atoms with Gasteiger partial charge in [-0.25, -0.2) is 4.79 Å². The molecule has 0 radical (unpaired) electrons. The van der Waals surface area contributed by atoms with E-state index in [1.165, 1.54) is 7.11 Å². The van der Waals surface area contributed by atoms with Gasteiger partial charge in [0.1, 0.15) is 17.1 Å². The lowest BCUT2D eigenvalue weighted by Gasteiger charge is -2.21. The summed E-state index contributed by atoms with van der Waals surface area (Å²) >= 11 is 0. The van der Waals surface area contributed by atoms with Crippen LogP contribution in [0.4, 0.5) is 0 Å². The van der Waals surface area contributed by atoms with Crippen molar-refractivity contribution in [2.24, 2.45) is 5.73 Å². The Balaban J connectivity index is 1.97. The minimum atomic E-state index is -0.757. The van der Waals surface area contributed by atoms with E-state index >= 15 is 0 Å². The van der Waals surface area contributed by atoms with Crippen LogP contribution >= 0.6 is 0 Å². The lowest BCUT2D eigenvalue weighted by molar-refractivity contribution is -0.126. The van der Waals surface area contributed by atoms with Gasteiger partial charge < -0.3 is 20.2 Å². The SMILES string of the molecule is COC(=O)c1cc(CNC(=O)C2(N)CCCC2)oc1C. The van der Waals surface area contributed by atoms with Crippen molar-refractivity contribution in [2.45, 2.75) is 44.7 Å². The van der Waals surface area contributed by atoms with Crippen LogP contribution in [0.1, 0.15) is 47.6 Å². The molecule has 6 nitrogen and oxygen atoms in total. The highest BCUT2D eigenvalue weighted by Crippen LogP contribution is 2.27. The monoisotopic (exact) mass is 280 g/mol. The van der Waals surface area contributed by atoms with Gasteiger partial charge in [-0.15, -0.1) is 0 Å². The van der Waals surface area contributed by atoms with Crippen LogP contribution in [0.2, 0.25) is 0 Å². The van der Waals surface area contributed by atoms with Crippen LogP contribution in [-0.4, -0.2) is 24.5 Å². The maximum atomic E-state index is 12.1. The number of hydrogen-bond donors (Lipinski definition) is 2. The molecule has 1 saturated carbocycles. The summed E-state index contributed by atoms with van der Waals surface area (Å²) in [6.07, 6.45) is 3.39. The van der Waals surface area contributed by atoms with E-state index in [1.807, 2.05) is 0 Å². The highest BCUT2D eigenvalue weighted by molar-refractivity contribution is 5.90. The highest BCUT2D eigenvalue weighted by atomic mass is 16.5. The standard InChI is InChI=1S/C14H20N2O4/c1-9-11(12(17)19-2)7-10(20-9)8-16-13(18)14(15)5-3-4-6-14/h7H,3-6,8,15H2,1-2H3,(H,16,18). The minimum Gasteiger partial charge on any atom is -0.465 e. The first-order chi connectivity index (χ1) is 9.46. The van der Waals surface area contributed by atoms with Crippen LogP contribution in [0.5, 0.6) is 0 Å². The van der Waals surface area contributed by atoms with Crippen LogP contribution < -0.4 is 11.1 Å². The Bertz CT molecular complexity index is 515. The Morgan fingerprint density at radius 1 is 1.45 bits per heavy atom. The third-order valence-corrected chi connectivity index (χ3v) is 3.75. The van der Waals surface area contributed by atoms with Gasteiger partial charge in [0, 0.05) is 0 Å². The van der Waals surface area contributed by atoms with Gasteiger partial charge in [-0.1, -0.05) is 12.8 Å². The van der Waals surface area contributed by atoms with Gasteiger partial charge in [-0.2, -0.15) is 0 Å². The quantitative estimate of drug-likeness (QED) is 0.810. The van der Waals surface area contributed by atoms with Crippen molar-refractivity contribution in [2.75, 3.05) is 7.11 Å².